The van der Waals surface area contributed by atoms with Crippen LogP contribution < -0.4 is 5.32 Å². The topological polar surface area (TPSA) is 37.8 Å². The molecule has 108 valence electrons. The first kappa shape index (κ1) is 14.1. The number of hydrogen-bond acceptors (Lipinski definition) is 4. The second-order valence-electron chi connectivity index (χ2n) is 5.77. The van der Waals surface area contributed by atoms with Crippen molar-refractivity contribution in [3.63, 3.8) is 0 Å². The Kier molecular flexibility index (Phi) is 3.87. The van der Waals surface area contributed by atoms with E-state index in [0.29, 0.717) is 17.2 Å². The molecular formula is C15H20ClN3S. The molecule has 0 spiro atoms. The van der Waals surface area contributed by atoms with E-state index in [9.17, 15) is 0 Å². The molecule has 3 unspecified atom stereocenters. The van der Waals surface area contributed by atoms with Crippen molar-refractivity contribution in [2.45, 2.75) is 46.1 Å². The quantitative estimate of drug-likeness (QED) is 0.820. The largest absolute Gasteiger partial charge is 0.366 e. The van der Waals surface area contributed by atoms with Gasteiger partial charge in [-0.25, -0.2) is 9.97 Å². The molecule has 1 saturated carbocycles. The van der Waals surface area contributed by atoms with Gasteiger partial charge in [-0.05, 0) is 49.3 Å². The van der Waals surface area contributed by atoms with Crippen LogP contribution in [0.3, 0.4) is 0 Å². The average Bonchev–Trinajstić information content (AvgIpc) is 2.93. The number of halogens is 1. The third kappa shape index (κ3) is 2.51. The summed E-state index contributed by atoms with van der Waals surface area (Å²) in [5, 5.41) is 5.06. The Labute approximate surface area is 128 Å². The number of hydrogen-bond donors (Lipinski definition) is 1. The molecule has 0 aliphatic heterocycles. The fourth-order valence-electron chi connectivity index (χ4n) is 3.33. The first-order valence-corrected chi connectivity index (χ1v) is 8.48. The number of nitrogens with one attached hydrogen (secondary N) is 1. The normalized spacial score (nSPS) is 26.3. The second kappa shape index (κ2) is 5.49. The van der Waals surface area contributed by atoms with Gasteiger partial charge in [-0.1, -0.05) is 20.3 Å². The Bertz CT molecular complexity index is 625. The number of nitrogens with zero attached hydrogens (tertiary/aromatic N) is 2. The van der Waals surface area contributed by atoms with Crippen molar-refractivity contribution in [2.75, 3.05) is 5.32 Å². The second-order valence-corrected chi connectivity index (χ2v) is 7.35. The van der Waals surface area contributed by atoms with Crippen molar-refractivity contribution >= 4 is 39.0 Å². The van der Waals surface area contributed by atoms with Crippen LogP contribution in [0.4, 0.5) is 5.82 Å². The van der Waals surface area contributed by atoms with Crippen molar-refractivity contribution in [3.8, 4) is 0 Å². The SMILES string of the molecule is CCC1CCC(Nc2nc(Cl)nc3sc(C)cc23)C1C. The standard InChI is InChI=1S/C15H20ClN3S/c1-4-10-5-6-12(9(10)3)17-13-11-7-8(2)20-14(11)19-15(16)18-13/h7,9-10,12H,4-6H2,1-3H3,(H,17,18,19). The molecule has 0 aromatic carbocycles. The van der Waals surface area contributed by atoms with E-state index in [4.69, 9.17) is 11.6 Å². The molecule has 0 saturated heterocycles. The fourth-order valence-corrected chi connectivity index (χ4v) is 4.43. The van der Waals surface area contributed by atoms with Gasteiger partial charge in [0, 0.05) is 10.9 Å². The first-order valence-electron chi connectivity index (χ1n) is 7.28. The zero-order valence-corrected chi connectivity index (χ0v) is 13.7. The lowest BCUT2D eigenvalue weighted by Gasteiger charge is -2.21. The highest BCUT2D eigenvalue weighted by atomic mass is 35.5. The Balaban J connectivity index is 1.91. The molecule has 1 fully saturated rings. The molecule has 3 nitrogen and oxygen atoms in total. The molecule has 2 aromatic rings. The minimum atomic E-state index is 0.333. The summed E-state index contributed by atoms with van der Waals surface area (Å²) in [5.74, 6) is 2.41. The van der Waals surface area contributed by atoms with E-state index < -0.39 is 0 Å². The highest BCUT2D eigenvalue weighted by Crippen LogP contribution is 2.37. The minimum absolute atomic E-state index is 0.333. The van der Waals surface area contributed by atoms with Gasteiger partial charge in [-0.2, -0.15) is 0 Å². The summed E-state index contributed by atoms with van der Waals surface area (Å²) in [6.45, 7) is 6.72. The maximum atomic E-state index is 6.06. The first-order chi connectivity index (χ1) is 9.58. The molecule has 0 amide bonds. The lowest BCUT2D eigenvalue weighted by Crippen LogP contribution is -2.25. The highest BCUT2D eigenvalue weighted by molar-refractivity contribution is 7.18. The van der Waals surface area contributed by atoms with Gasteiger partial charge in [-0.15, -0.1) is 11.3 Å². The number of anilines is 1. The Hall–Kier alpha value is -0.870. The molecule has 0 bridgehead atoms. The number of aromatic nitrogens is 2. The Morgan fingerprint density at radius 3 is 2.90 bits per heavy atom. The van der Waals surface area contributed by atoms with Crippen molar-refractivity contribution in [1.82, 2.24) is 9.97 Å². The summed E-state index contributed by atoms with van der Waals surface area (Å²) in [5.41, 5.74) is 0. The minimum Gasteiger partial charge on any atom is -0.366 e. The third-order valence-electron chi connectivity index (χ3n) is 4.56. The maximum absolute atomic E-state index is 6.06. The van der Waals surface area contributed by atoms with Crippen LogP contribution in [0.2, 0.25) is 5.28 Å². The number of aryl methyl sites for hydroxylation is 1. The van der Waals surface area contributed by atoms with E-state index in [1.54, 1.807) is 11.3 Å². The van der Waals surface area contributed by atoms with Gasteiger partial charge in [0.05, 0.1) is 5.39 Å². The van der Waals surface area contributed by atoms with Crippen LogP contribution >= 0.6 is 22.9 Å². The molecule has 3 atom stereocenters. The Morgan fingerprint density at radius 2 is 2.20 bits per heavy atom. The molecule has 0 radical (unpaired) electrons. The number of thiophene rings is 1. The molecule has 1 N–H and O–H groups in total. The van der Waals surface area contributed by atoms with Crippen LogP contribution in [0, 0.1) is 18.8 Å². The lowest BCUT2D eigenvalue weighted by molar-refractivity contribution is 0.391. The molecule has 5 heteroatoms. The van der Waals surface area contributed by atoms with Gasteiger partial charge >= 0.3 is 0 Å². The zero-order valence-electron chi connectivity index (χ0n) is 12.1. The summed E-state index contributed by atoms with van der Waals surface area (Å²) in [4.78, 5) is 10.9. The van der Waals surface area contributed by atoms with Crippen molar-refractivity contribution in [3.05, 3.63) is 16.2 Å². The summed E-state index contributed by atoms with van der Waals surface area (Å²) < 4.78 is 0. The van der Waals surface area contributed by atoms with Crippen molar-refractivity contribution < 1.29 is 0 Å². The average molecular weight is 310 g/mol. The van der Waals surface area contributed by atoms with E-state index in [-0.39, 0.29) is 0 Å². The number of fused-ring (bicyclic) bond motifs is 1. The molecular weight excluding hydrogens is 290 g/mol. The lowest BCUT2D eigenvalue weighted by atomic mass is 9.93. The predicted octanol–water partition coefficient (Wildman–Crippen LogP) is 4.89. The van der Waals surface area contributed by atoms with Gasteiger partial charge in [0.1, 0.15) is 10.6 Å². The maximum Gasteiger partial charge on any atom is 0.225 e. The van der Waals surface area contributed by atoms with E-state index in [2.05, 4.69) is 42.1 Å². The molecule has 1 aliphatic carbocycles. The van der Waals surface area contributed by atoms with Crippen molar-refractivity contribution in [1.29, 1.82) is 0 Å². The van der Waals surface area contributed by atoms with E-state index >= 15 is 0 Å². The third-order valence-corrected chi connectivity index (χ3v) is 5.68. The summed E-state index contributed by atoms with van der Waals surface area (Å²) in [6, 6.07) is 2.64. The van der Waals surface area contributed by atoms with Gasteiger partial charge in [0.25, 0.3) is 0 Å². The zero-order chi connectivity index (χ0) is 14.3. The monoisotopic (exact) mass is 309 g/mol. The van der Waals surface area contributed by atoms with E-state index in [0.717, 1.165) is 22.0 Å². The number of rotatable bonds is 3. The summed E-state index contributed by atoms with van der Waals surface area (Å²) in [7, 11) is 0. The van der Waals surface area contributed by atoms with Gasteiger partial charge < -0.3 is 5.32 Å². The van der Waals surface area contributed by atoms with Crippen LogP contribution in [0.5, 0.6) is 0 Å². The molecule has 2 aromatic heterocycles. The molecule has 20 heavy (non-hydrogen) atoms. The summed E-state index contributed by atoms with van der Waals surface area (Å²) >= 11 is 7.72. The molecule has 2 heterocycles. The van der Waals surface area contributed by atoms with Gasteiger partial charge in [0.2, 0.25) is 5.28 Å². The van der Waals surface area contributed by atoms with E-state index in [1.165, 1.54) is 24.1 Å². The van der Waals surface area contributed by atoms with E-state index in [1.807, 2.05) is 0 Å². The molecule has 3 rings (SSSR count). The van der Waals surface area contributed by atoms with Crippen LogP contribution in [0.25, 0.3) is 10.2 Å². The van der Waals surface area contributed by atoms with Gasteiger partial charge in [-0.3, -0.25) is 0 Å². The summed E-state index contributed by atoms with van der Waals surface area (Å²) in [6.07, 6.45) is 3.78. The predicted molar refractivity (Wildman–Crippen MR) is 86.8 cm³/mol. The highest BCUT2D eigenvalue weighted by Gasteiger charge is 2.32. The molecule has 1 aliphatic rings. The van der Waals surface area contributed by atoms with Crippen molar-refractivity contribution in [2.24, 2.45) is 11.8 Å². The fraction of sp³-hybridized carbons (Fsp3) is 0.600. The van der Waals surface area contributed by atoms with Crippen LogP contribution in [-0.4, -0.2) is 16.0 Å². The van der Waals surface area contributed by atoms with Crippen LogP contribution in [-0.2, 0) is 0 Å². The van der Waals surface area contributed by atoms with Crippen LogP contribution in [0.15, 0.2) is 6.07 Å². The van der Waals surface area contributed by atoms with Crippen LogP contribution in [0.1, 0.15) is 38.0 Å². The Morgan fingerprint density at radius 1 is 1.40 bits per heavy atom. The smallest absolute Gasteiger partial charge is 0.225 e. The van der Waals surface area contributed by atoms with Gasteiger partial charge in [0.15, 0.2) is 0 Å².